The van der Waals surface area contributed by atoms with Crippen LogP contribution in [0.5, 0.6) is 0 Å². The molecule has 0 bridgehead atoms. The Hall–Kier alpha value is -0.0800. The van der Waals surface area contributed by atoms with Gasteiger partial charge in [-0.05, 0) is 46.7 Å². The second-order valence-electron chi connectivity index (χ2n) is 4.67. The Morgan fingerprint density at radius 2 is 1.83 bits per heavy atom. The first-order chi connectivity index (χ1) is 5.38. The summed E-state index contributed by atoms with van der Waals surface area (Å²) in [5.74, 6) is 0.426. The molecule has 0 aliphatic rings. The van der Waals surface area contributed by atoms with Gasteiger partial charge in [-0.25, -0.2) is 0 Å². The molecule has 0 heterocycles. The second kappa shape index (κ2) is 4.83. The lowest BCUT2D eigenvalue weighted by Gasteiger charge is -2.32. The van der Waals surface area contributed by atoms with Crippen molar-refractivity contribution in [2.45, 2.75) is 39.7 Å². The van der Waals surface area contributed by atoms with E-state index in [1.54, 1.807) is 0 Å². The van der Waals surface area contributed by atoms with Crippen LogP contribution in [0, 0.1) is 5.92 Å². The smallest absolute Gasteiger partial charge is 0.0457 e. The average Bonchev–Trinajstić information content (AvgIpc) is 1.97. The van der Waals surface area contributed by atoms with Crippen LogP contribution in [0.4, 0.5) is 0 Å². The maximum Gasteiger partial charge on any atom is 0.0457 e. The molecule has 0 amide bonds. The zero-order chi connectivity index (χ0) is 9.78. The van der Waals surface area contributed by atoms with E-state index in [9.17, 15) is 0 Å². The maximum absolute atomic E-state index is 8.83. The molecule has 74 valence electrons. The summed E-state index contributed by atoms with van der Waals surface area (Å²) >= 11 is 0. The molecule has 0 aliphatic heterocycles. The molecule has 0 aromatic heterocycles. The van der Waals surface area contributed by atoms with Crippen molar-refractivity contribution < 1.29 is 5.11 Å². The fourth-order valence-electron chi connectivity index (χ4n) is 0.841. The zero-order valence-corrected chi connectivity index (χ0v) is 9.09. The Morgan fingerprint density at radius 1 is 1.33 bits per heavy atom. The van der Waals surface area contributed by atoms with Crippen LogP contribution in [-0.2, 0) is 0 Å². The van der Waals surface area contributed by atoms with Gasteiger partial charge in [0.2, 0.25) is 0 Å². The Kier molecular flexibility index (Phi) is 4.80. The maximum atomic E-state index is 8.83. The topological polar surface area (TPSA) is 23.5 Å². The molecule has 2 heteroatoms. The van der Waals surface area contributed by atoms with E-state index in [0.29, 0.717) is 12.5 Å². The minimum Gasteiger partial charge on any atom is -0.396 e. The summed E-state index contributed by atoms with van der Waals surface area (Å²) < 4.78 is 0. The van der Waals surface area contributed by atoms with Crippen LogP contribution in [0.3, 0.4) is 0 Å². The van der Waals surface area contributed by atoms with Crippen LogP contribution in [0.1, 0.15) is 34.1 Å². The normalized spacial score (nSPS) is 15.2. The van der Waals surface area contributed by atoms with Crippen molar-refractivity contribution in [3.05, 3.63) is 0 Å². The molecule has 0 spiro atoms. The molecule has 0 radical (unpaired) electrons. The molecular weight excluding hydrogens is 150 g/mol. The first-order valence-electron chi connectivity index (χ1n) is 4.70. The van der Waals surface area contributed by atoms with E-state index in [0.717, 1.165) is 13.0 Å². The lowest BCUT2D eigenvalue weighted by molar-refractivity contribution is 0.150. The van der Waals surface area contributed by atoms with E-state index in [-0.39, 0.29) is 5.54 Å². The number of aliphatic hydroxyl groups is 1. The third-order valence-electron chi connectivity index (χ3n) is 2.41. The van der Waals surface area contributed by atoms with Crippen LogP contribution in [0.25, 0.3) is 0 Å². The minimum atomic E-state index is 0.245. The van der Waals surface area contributed by atoms with Crippen molar-refractivity contribution in [2.24, 2.45) is 5.92 Å². The van der Waals surface area contributed by atoms with E-state index in [1.807, 2.05) is 0 Å². The van der Waals surface area contributed by atoms with Crippen LogP contribution in [0.2, 0.25) is 0 Å². The summed E-state index contributed by atoms with van der Waals surface area (Å²) in [7, 11) is 2.13. The van der Waals surface area contributed by atoms with Crippen molar-refractivity contribution in [3.8, 4) is 0 Å². The summed E-state index contributed by atoms with van der Waals surface area (Å²) in [6, 6.07) is 0. The van der Waals surface area contributed by atoms with Crippen LogP contribution in [0.15, 0.2) is 0 Å². The molecular formula is C10H23NO. The lowest BCUT2D eigenvalue weighted by Crippen LogP contribution is -2.39. The lowest BCUT2D eigenvalue weighted by atomic mass is 10.0. The molecule has 0 saturated carbocycles. The highest BCUT2D eigenvalue weighted by Crippen LogP contribution is 2.12. The minimum absolute atomic E-state index is 0.245. The third-order valence-corrected chi connectivity index (χ3v) is 2.41. The molecule has 2 nitrogen and oxygen atoms in total. The molecule has 1 N–H and O–H groups in total. The molecule has 0 aliphatic carbocycles. The number of nitrogens with zero attached hydrogens (tertiary/aromatic N) is 1. The van der Waals surface area contributed by atoms with Gasteiger partial charge in [-0.3, -0.25) is 0 Å². The Morgan fingerprint density at radius 3 is 2.17 bits per heavy atom. The first-order valence-corrected chi connectivity index (χ1v) is 4.70. The van der Waals surface area contributed by atoms with Gasteiger partial charge in [0.25, 0.3) is 0 Å². The first kappa shape index (κ1) is 11.9. The number of hydrogen-bond donors (Lipinski definition) is 1. The van der Waals surface area contributed by atoms with E-state index in [1.165, 1.54) is 0 Å². The summed E-state index contributed by atoms with van der Waals surface area (Å²) in [6.45, 7) is 10.1. The van der Waals surface area contributed by atoms with Gasteiger partial charge in [0.15, 0.2) is 0 Å². The van der Waals surface area contributed by atoms with Gasteiger partial charge in [0, 0.05) is 12.1 Å². The molecule has 0 aromatic rings. The highest BCUT2D eigenvalue weighted by molar-refractivity contribution is 4.72. The highest BCUT2D eigenvalue weighted by atomic mass is 16.3. The number of rotatable bonds is 4. The number of aliphatic hydroxyl groups excluding tert-OH is 1. The van der Waals surface area contributed by atoms with Crippen LogP contribution >= 0.6 is 0 Å². The van der Waals surface area contributed by atoms with Gasteiger partial charge in [0.05, 0.1) is 0 Å². The summed E-state index contributed by atoms with van der Waals surface area (Å²) in [5, 5.41) is 8.83. The van der Waals surface area contributed by atoms with E-state index >= 15 is 0 Å². The largest absolute Gasteiger partial charge is 0.396 e. The Bertz CT molecular complexity index is 117. The molecule has 0 fully saturated rings. The average molecular weight is 173 g/mol. The molecule has 0 aromatic carbocycles. The molecule has 1 atom stereocenters. The van der Waals surface area contributed by atoms with E-state index < -0.39 is 0 Å². The number of hydrogen-bond acceptors (Lipinski definition) is 2. The van der Waals surface area contributed by atoms with Crippen molar-refractivity contribution in [2.75, 3.05) is 20.2 Å². The van der Waals surface area contributed by atoms with Crippen molar-refractivity contribution in [1.82, 2.24) is 4.90 Å². The molecule has 1 unspecified atom stereocenters. The van der Waals surface area contributed by atoms with Crippen LogP contribution in [-0.4, -0.2) is 35.7 Å². The van der Waals surface area contributed by atoms with Gasteiger partial charge in [0.1, 0.15) is 0 Å². The molecule has 0 rings (SSSR count). The predicted molar refractivity (Wildman–Crippen MR) is 53.2 cm³/mol. The highest BCUT2D eigenvalue weighted by Gasteiger charge is 2.16. The zero-order valence-electron chi connectivity index (χ0n) is 9.09. The fourth-order valence-corrected chi connectivity index (χ4v) is 0.841. The van der Waals surface area contributed by atoms with Crippen molar-refractivity contribution in [1.29, 1.82) is 0 Å². The quantitative estimate of drug-likeness (QED) is 0.700. The summed E-state index contributed by atoms with van der Waals surface area (Å²) in [6.07, 6.45) is 1.07. The summed E-state index contributed by atoms with van der Waals surface area (Å²) in [5.41, 5.74) is 0.245. The van der Waals surface area contributed by atoms with E-state index in [4.69, 9.17) is 5.11 Å². The fraction of sp³-hybridized carbons (Fsp3) is 1.00. The Labute approximate surface area is 76.6 Å². The molecule has 0 saturated heterocycles. The van der Waals surface area contributed by atoms with Crippen LogP contribution < -0.4 is 0 Å². The van der Waals surface area contributed by atoms with Gasteiger partial charge in [-0.15, -0.1) is 0 Å². The monoisotopic (exact) mass is 173 g/mol. The third kappa shape index (κ3) is 4.73. The molecule has 12 heavy (non-hydrogen) atoms. The summed E-state index contributed by atoms with van der Waals surface area (Å²) in [4.78, 5) is 2.32. The Balaban J connectivity index is 3.64. The standard InChI is InChI=1S/C10H23NO/c1-9(8-12)6-7-11(5)10(2,3)4/h9,12H,6-8H2,1-5H3. The predicted octanol–water partition coefficient (Wildman–Crippen LogP) is 1.74. The van der Waals surface area contributed by atoms with Gasteiger partial charge in [-0.1, -0.05) is 6.92 Å². The van der Waals surface area contributed by atoms with Gasteiger partial charge in [-0.2, -0.15) is 0 Å². The SMILES string of the molecule is CC(CO)CCN(C)C(C)(C)C. The van der Waals surface area contributed by atoms with Gasteiger partial charge >= 0.3 is 0 Å². The van der Waals surface area contributed by atoms with E-state index in [2.05, 4.69) is 39.6 Å². The van der Waals surface area contributed by atoms with Gasteiger partial charge < -0.3 is 10.0 Å². The van der Waals surface area contributed by atoms with Crippen molar-refractivity contribution in [3.63, 3.8) is 0 Å². The van der Waals surface area contributed by atoms with Crippen molar-refractivity contribution >= 4 is 0 Å². The second-order valence-corrected chi connectivity index (χ2v) is 4.67.